The predicted octanol–water partition coefficient (Wildman–Crippen LogP) is -2.68. The van der Waals surface area contributed by atoms with Crippen molar-refractivity contribution in [3.05, 3.63) is 54.1 Å². The number of nitrogens with two attached hydrogens (primary N) is 2. The summed E-state index contributed by atoms with van der Waals surface area (Å²) in [6.45, 7) is -0.815. The van der Waals surface area contributed by atoms with Crippen molar-refractivity contribution in [2.45, 2.75) is 49.9 Å². The molecule has 0 spiro atoms. The van der Waals surface area contributed by atoms with Crippen LogP contribution >= 0.6 is 0 Å². The van der Waals surface area contributed by atoms with E-state index in [2.05, 4.69) is 25.9 Å². The highest BCUT2D eigenvalue weighted by molar-refractivity contribution is 5.94. The maximum atomic E-state index is 12.9. The van der Waals surface area contributed by atoms with Gasteiger partial charge in [0.25, 0.3) is 0 Å². The fourth-order valence-corrected chi connectivity index (χ4v) is 3.35. The molecule has 4 amide bonds. The smallest absolute Gasteiger partial charge is 0.326 e. The molecule has 0 saturated carbocycles. The Morgan fingerprint density at radius 1 is 0.919 bits per heavy atom. The summed E-state index contributed by atoms with van der Waals surface area (Å²) in [7, 11) is 0. The van der Waals surface area contributed by atoms with Crippen molar-refractivity contribution < 1.29 is 34.2 Å². The second-order valence-electron chi connectivity index (χ2n) is 8.29. The van der Waals surface area contributed by atoms with Crippen molar-refractivity contribution in [1.82, 2.24) is 25.9 Å². The van der Waals surface area contributed by atoms with Crippen LogP contribution in [0.1, 0.15) is 24.1 Å². The number of rotatable bonds is 15. The minimum atomic E-state index is -1.47. The number of carbonyl (C=O) groups excluding carboxylic acids is 4. The number of aromatic amines is 1. The molecule has 1 aromatic heterocycles. The van der Waals surface area contributed by atoms with Gasteiger partial charge in [-0.2, -0.15) is 0 Å². The fraction of sp³-hybridized carbons (Fsp3) is 0.391. The van der Waals surface area contributed by atoms with E-state index in [-0.39, 0.29) is 25.7 Å². The minimum absolute atomic E-state index is 0.0259. The Morgan fingerprint density at radius 2 is 1.54 bits per heavy atom. The van der Waals surface area contributed by atoms with E-state index in [1.165, 1.54) is 12.5 Å². The van der Waals surface area contributed by atoms with Crippen molar-refractivity contribution >= 4 is 29.6 Å². The number of aliphatic hydroxyl groups excluding tert-OH is 1. The quantitative estimate of drug-likeness (QED) is 0.122. The van der Waals surface area contributed by atoms with Crippen molar-refractivity contribution in [3.63, 3.8) is 0 Å². The first-order valence-electron chi connectivity index (χ1n) is 11.4. The standard InChI is InChI=1S/C23H31N7O7/c24-15(9-14-10-26-12-27-14)20(33)30-18(11-31)22(35)28-16(6-7-19(25)32)21(34)29-17(23(36)37)8-13-4-2-1-3-5-13/h1-5,10,12,15-18,31H,6-9,11,24H2,(H2,25,32)(H,26,27)(H,28,35)(H,29,34)(H,30,33)(H,36,37). The highest BCUT2D eigenvalue weighted by atomic mass is 16.4. The normalized spacial score (nSPS) is 14.0. The lowest BCUT2D eigenvalue weighted by Gasteiger charge is -2.24. The number of aliphatic hydroxyl groups is 1. The van der Waals surface area contributed by atoms with Crippen molar-refractivity contribution in [3.8, 4) is 0 Å². The first kappa shape index (κ1) is 28.9. The van der Waals surface area contributed by atoms with Gasteiger partial charge in [-0.15, -0.1) is 0 Å². The largest absolute Gasteiger partial charge is 0.480 e. The molecule has 0 saturated heterocycles. The van der Waals surface area contributed by atoms with Crippen LogP contribution in [0.3, 0.4) is 0 Å². The minimum Gasteiger partial charge on any atom is -0.480 e. The van der Waals surface area contributed by atoms with Crippen LogP contribution in [0.4, 0.5) is 0 Å². The number of amides is 4. The molecule has 4 unspecified atom stereocenters. The van der Waals surface area contributed by atoms with E-state index in [1.54, 1.807) is 30.3 Å². The summed E-state index contributed by atoms with van der Waals surface area (Å²) in [6, 6.07) is 3.36. The molecule has 37 heavy (non-hydrogen) atoms. The molecular formula is C23H31N7O7. The first-order valence-corrected chi connectivity index (χ1v) is 11.4. The zero-order valence-electron chi connectivity index (χ0n) is 19.9. The van der Waals surface area contributed by atoms with Crippen LogP contribution in [-0.4, -0.2) is 80.6 Å². The lowest BCUT2D eigenvalue weighted by atomic mass is 10.0. The van der Waals surface area contributed by atoms with Crippen LogP contribution in [0.2, 0.25) is 0 Å². The summed E-state index contributed by atoms with van der Waals surface area (Å²) >= 11 is 0. The van der Waals surface area contributed by atoms with Crippen LogP contribution < -0.4 is 27.4 Å². The molecule has 14 heteroatoms. The van der Waals surface area contributed by atoms with Crippen molar-refractivity contribution in [2.75, 3.05) is 6.61 Å². The number of nitrogens with zero attached hydrogens (tertiary/aromatic N) is 1. The Balaban J connectivity index is 2.06. The molecule has 0 radical (unpaired) electrons. The van der Waals surface area contributed by atoms with E-state index in [9.17, 15) is 34.2 Å². The highest BCUT2D eigenvalue weighted by Gasteiger charge is 2.30. The van der Waals surface area contributed by atoms with Gasteiger partial charge in [0.1, 0.15) is 18.1 Å². The van der Waals surface area contributed by atoms with Crippen LogP contribution in [0, 0.1) is 0 Å². The lowest BCUT2D eigenvalue weighted by Crippen LogP contribution is -2.58. The van der Waals surface area contributed by atoms with E-state index < -0.39 is 60.4 Å². The molecule has 14 nitrogen and oxygen atoms in total. The van der Waals surface area contributed by atoms with Crippen LogP contribution in [0.15, 0.2) is 42.9 Å². The maximum Gasteiger partial charge on any atom is 0.326 e. The van der Waals surface area contributed by atoms with Gasteiger partial charge in [0, 0.05) is 31.2 Å². The average molecular weight is 518 g/mol. The van der Waals surface area contributed by atoms with E-state index in [1.807, 2.05) is 0 Å². The highest BCUT2D eigenvalue weighted by Crippen LogP contribution is 2.06. The number of hydrogen-bond donors (Lipinski definition) is 8. The van der Waals surface area contributed by atoms with Gasteiger partial charge in [0.2, 0.25) is 23.6 Å². The topological polar surface area (TPSA) is 243 Å². The lowest BCUT2D eigenvalue weighted by molar-refractivity contribution is -0.142. The summed E-state index contributed by atoms with van der Waals surface area (Å²) in [5.41, 5.74) is 12.3. The monoisotopic (exact) mass is 517 g/mol. The molecule has 0 bridgehead atoms. The third kappa shape index (κ3) is 9.70. The molecule has 2 aromatic rings. The van der Waals surface area contributed by atoms with E-state index in [4.69, 9.17) is 11.5 Å². The van der Waals surface area contributed by atoms with Gasteiger partial charge in [-0.3, -0.25) is 19.2 Å². The second-order valence-corrected chi connectivity index (χ2v) is 8.29. The number of aliphatic carboxylic acids is 1. The molecule has 0 aliphatic heterocycles. The van der Waals surface area contributed by atoms with E-state index >= 15 is 0 Å². The molecule has 200 valence electrons. The van der Waals surface area contributed by atoms with E-state index in [0.29, 0.717) is 11.3 Å². The number of carboxylic acids is 1. The van der Waals surface area contributed by atoms with Crippen LogP contribution in [0.25, 0.3) is 0 Å². The average Bonchev–Trinajstić information content (AvgIpc) is 3.37. The summed E-state index contributed by atoms with van der Waals surface area (Å²) in [6.07, 6.45) is 2.43. The van der Waals surface area contributed by atoms with Gasteiger partial charge in [0.15, 0.2) is 0 Å². The molecule has 0 aliphatic carbocycles. The Labute approximate surface area is 212 Å². The van der Waals surface area contributed by atoms with Gasteiger partial charge >= 0.3 is 5.97 Å². The Bertz CT molecular complexity index is 1060. The number of benzene rings is 1. The number of imidazole rings is 1. The van der Waals surface area contributed by atoms with Crippen molar-refractivity contribution in [1.29, 1.82) is 0 Å². The predicted molar refractivity (Wildman–Crippen MR) is 129 cm³/mol. The van der Waals surface area contributed by atoms with Gasteiger partial charge in [0.05, 0.1) is 19.0 Å². The third-order valence-electron chi connectivity index (χ3n) is 5.36. The molecular weight excluding hydrogens is 486 g/mol. The number of carbonyl (C=O) groups is 5. The van der Waals surface area contributed by atoms with Gasteiger partial charge in [-0.25, -0.2) is 9.78 Å². The molecule has 4 atom stereocenters. The van der Waals surface area contributed by atoms with Crippen molar-refractivity contribution in [2.24, 2.45) is 11.5 Å². The third-order valence-corrected chi connectivity index (χ3v) is 5.36. The molecule has 1 heterocycles. The summed E-state index contributed by atoms with van der Waals surface area (Å²) in [4.78, 5) is 67.7. The van der Waals surface area contributed by atoms with E-state index in [0.717, 1.165) is 0 Å². The zero-order valence-corrected chi connectivity index (χ0v) is 19.9. The SMILES string of the molecule is NC(=O)CCC(NC(=O)C(CO)NC(=O)C(N)Cc1cnc[nH]1)C(=O)NC(Cc1ccccc1)C(=O)O. The number of nitrogens with one attached hydrogen (secondary N) is 4. The van der Waals surface area contributed by atoms with Gasteiger partial charge in [-0.1, -0.05) is 30.3 Å². The maximum absolute atomic E-state index is 12.9. The van der Waals surface area contributed by atoms with Crippen LogP contribution in [-0.2, 0) is 36.8 Å². The Morgan fingerprint density at radius 3 is 2.11 bits per heavy atom. The number of primary amides is 1. The molecule has 0 fully saturated rings. The fourth-order valence-electron chi connectivity index (χ4n) is 3.35. The Hall–Kier alpha value is -4.30. The molecule has 10 N–H and O–H groups in total. The van der Waals surface area contributed by atoms with Gasteiger partial charge in [-0.05, 0) is 12.0 Å². The second kappa shape index (κ2) is 14.3. The number of carboxylic acid groups (broad SMARTS) is 1. The zero-order chi connectivity index (χ0) is 27.4. The Kier molecular flexibility index (Phi) is 11.2. The summed E-state index contributed by atoms with van der Waals surface area (Å²) < 4.78 is 0. The summed E-state index contributed by atoms with van der Waals surface area (Å²) in [5, 5.41) is 26.2. The first-order chi connectivity index (χ1) is 17.6. The molecule has 2 rings (SSSR count). The number of aromatic nitrogens is 2. The number of hydrogen-bond acceptors (Lipinski definition) is 8. The van der Waals surface area contributed by atoms with Crippen LogP contribution in [0.5, 0.6) is 0 Å². The van der Waals surface area contributed by atoms with Gasteiger partial charge < -0.3 is 42.6 Å². The molecule has 1 aromatic carbocycles. The molecule has 0 aliphatic rings. The summed E-state index contributed by atoms with van der Waals surface area (Å²) in [5.74, 6) is -4.61. The number of H-pyrrole nitrogens is 1.